The van der Waals surface area contributed by atoms with Crippen molar-refractivity contribution in [2.24, 2.45) is 0 Å². The van der Waals surface area contributed by atoms with E-state index in [0.717, 1.165) is 58.1 Å². The summed E-state index contributed by atoms with van der Waals surface area (Å²) in [4.78, 5) is 4.80. The Balaban J connectivity index is 0.905. The Kier molecular flexibility index (Phi) is 15.1. The van der Waals surface area contributed by atoms with Crippen LogP contribution in [0, 0.1) is 41.5 Å². The Labute approximate surface area is 464 Å². The van der Waals surface area contributed by atoms with Gasteiger partial charge in [-0.1, -0.05) is 223 Å². The normalized spacial score (nSPS) is 12.8. The standard InChI is InChI=1S/C76H70N2/c1-54-10-26-62(27-11-54)74(63-28-12-55(2)13-29-63)52-60-22-42-70(43-23-60)77(68-38-18-58(5)19-39-68)72-46-34-66(35-47-72)76(50-8-7-9-51-76)67-36-48-73(49-37-67)78(69-40-20-59(6)21-41-69)71-44-24-61(25-45-71)53-75(64-30-14-56(3)15-31-64)65-32-16-57(4)17-33-65/h10-49,52-53H,7-9,50-51H2,1-6H3. The van der Waals surface area contributed by atoms with Gasteiger partial charge >= 0.3 is 0 Å². The zero-order valence-corrected chi connectivity index (χ0v) is 46.2. The molecule has 10 aromatic rings. The molecule has 10 aromatic carbocycles. The average Bonchev–Trinajstić information content (AvgIpc) is 3.47. The Hall–Kier alpha value is -8.72. The number of nitrogens with zero attached hydrogens (tertiary/aromatic N) is 2. The van der Waals surface area contributed by atoms with Crippen LogP contribution in [-0.2, 0) is 5.41 Å². The first kappa shape index (κ1) is 51.4. The molecular weight excluding hydrogens is 941 g/mol. The second-order valence-corrected chi connectivity index (χ2v) is 21.8. The summed E-state index contributed by atoms with van der Waals surface area (Å²) in [6.45, 7) is 12.9. The molecule has 1 saturated carbocycles. The number of rotatable bonds is 14. The average molecular weight is 1010 g/mol. The molecule has 0 radical (unpaired) electrons. The fourth-order valence-corrected chi connectivity index (χ4v) is 11.4. The number of anilines is 6. The van der Waals surface area contributed by atoms with Crippen molar-refractivity contribution in [3.8, 4) is 0 Å². The summed E-state index contributed by atoms with van der Waals surface area (Å²) < 4.78 is 0. The zero-order chi connectivity index (χ0) is 53.6. The van der Waals surface area contributed by atoms with E-state index in [1.165, 1.54) is 97.2 Å². The van der Waals surface area contributed by atoms with Gasteiger partial charge in [0.15, 0.2) is 0 Å². The summed E-state index contributed by atoms with van der Waals surface area (Å²) in [5, 5.41) is 0. The molecule has 1 aliphatic carbocycles. The number of hydrogen-bond acceptors (Lipinski definition) is 2. The van der Waals surface area contributed by atoms with Crippen LogP contribution in [-0.4, -0.2) is 0 Å². The second-order valence-electron chi connectivity index (χ2n) is 21.8. The van der Waals surface area contributed by atoms with Crippen molar-refractivity contribution < 1.29 is 0 Å². The quantitative estimate of drug-likeness (QED) is 0.100. The molecule has 0 aromatic heterocycles. The van der Waals surface area contributed by atoms with E-state index in [0.29, 0.717) is 0 Å². The zero-order valence-electron chi connectivity index (χ0n) is 46.2. The van der Waals surface area contributed by atoms with Crippen LogP contribution >= 0.6 is 0 Å². The van der Waals surface area contributed by atoms with Crippen molar-refractivity contribution >= 4 is 57.4 Å². The maximum atomic E-state index is 2.42. The van der Waals surface area contributed by atoms with E-state index in [1.807, 2.05) is 0 Å². The molecule has 1 aliphatic rings. The molecule has 384 valence electrons. The Morgan fingerprint density at radius 1 is 0.269 bits per heavy atom. The van der Waals surface area contributed by atoms with Crippen LogP contribution in [0.3, 0.4) is 0 Å². The third-order valence-corrected chi connectivity index (χ3v) is 16.0. The van der Waals surface area contributed by atoms with E-state index in [4.69, 9.17) is 0 Å². The summed E-state index contributed by atoms with van der Waals surface area (Å²) in [6.07, 6.45) is 10.6. The van der Waals surface area contributed by atoms with Crippen LogP contribution in [0.2, 0.25) is 0 Å². The summed E-state index contributed by atoms with van der Waals surface area (Å²) >= 11 is 0. The van der Waals surface area contributed by atoms with Crippen LogP contribution in [0.5, 0.6) is 0 Å². The first-order valence-corrected chi connectivity index (χ1v) is 27.9. The minimum atomic E-state index is -0.0835. The lowest BCUT2D eigenvalue weighted by Crippen LogP contribution is -2.30. The van der Waals surface area contributed by atoms with Gasteiger partial charge in [-0.25, -0.2) is 0 Å². The smallest absolute Gasteiger partial charge is 0.0462 e. The molecular formula is C76H70N2. The van der Waals surface area contributed by atoms with Gasteiger partial charge in [0.25, 0.3) is 0 Å². The minimum Gasteiger partial charge on any atom is -0.311 e. The highest BCUT2D eigenvalue weighted by molar-refractivity contribution is 5.93. The predicted molar refractivity (Wildman–Crippen MR) is 334 cm³/mol. The van der Waals surface area contributed by atoms with Crippen molar-refractivity contribution in [1.82, 2.24) is 0 Å². The minimum absolute atomic E-state index is 0.0835. The van der Waals surface area contributed by atoms with E-state index in [1.54, 1.807) is 0 Å². The third-order valence-electron chi connectivity index (χ3n) is 16.0. The van der Waals surface area contributed by atoms with Gasteiger partial charge in [-0.2, -0.15) is 0 Å². The summed E-state index contributed by atoms with van der Waals surface area (Å²) in [7, 11) is 0. The molecule has 2 nitrogen and oxygen atoms in total. The highest BCUT2D eigenvalue weighted by Gasteiger charge is 2.36. The molecule has 0 aliphatic heterocycles. The molecule has 0 unspecified atom stereocenters. The first-order valence-electron chi connectivity index (χ1n) is 27.9. The highest BCUT2D eigenvalue weighted by Crippen LogP contribution is 2.47. The monoisotopic (exact) mass is 1010 g/mol. The van der Waals surface area contributed by atoms with E-state index in [2.05, 4.69) is 306 Å². The second kappa shape index (κ2) is 22.9. The van der Waals surface area contributed by atoms with Gasteiger partial charge in [-0.3, -0.25) is 0 Å². The fraction of sp³-hybridized carbons (Fsp3) is 0.158. The lowest BCUT2D eigenvalue weighted by atomic mass is 9.65. The van der Waals surface area contributed by atoms with Crippen LogP contribution in [0.4, 0.5) is 34.1 Å². The van der Waals surface area contributed by atoms with Crippen LogP contribution in [0.25, 0.3) is 23.3 Å². The van der Waals surface area contributed by atoms with Gasteiger partial charge in [0.2, 0.25) is 0 Å². The molecule has 0 amide bonds. The molecule has 11 rings (SSSR count). The molecule has 78 heavy (non-hydrogen) atoms. The van der Waals surface area contributed by atoms with Gasteiger partial charge in [-0.05, 0) is 195 Å². The van der Waals surface area contributed by atoms with E-state index >= 15 is 0 Å². The Morgan fingerprint density at radius 3 is 0.744 bits per heavy atom. The van der Waals surface area contributed by atoms with E-state index < -0.39 is 0 Å². The van der Waals surface area contributed by atoms with E-state index in [9.17, 15) is 0 Å². The molecule has 0 spiro atoms. The van der Waals surface area contributed by atoms with E-state index in [-0.39, 0.29) is 5.41 Å². The Bertz CT molecular complexity index is 3310. The van der Waals surface area contributed by atoms with Gasteiger partial charge < -0.3 is 9.80 Å². The summed E-state index contributed by atoms with van der Waals surface area (Å²) in [5.74, 6) is 0. The van der Waals surface area contributed by atoms with Gasteiger partial charge in [0.05, 0.1) is 0 Å². The molecule has 1 fully saturated rings. The molecule has 0 bridgehead atoms. The number of benzene rings is 10. The SMILES string of the molecule is Cc1ccc(C(=Cc2ccc(N(c3ccc(C)cc3)c3ccc(C4(c5ccc(N(c6ccc(C)cc6)c6ccc(C=C(c7ccc(C)cc7)c7ccc(C)cc7)cc6)cc5)CCCCC4)cc3)cc2)c2ccc(C)cc2)cc1. The van der Waals surface area contributed by atoms with Gasteiger partial charge in [0, 0.05) is 39.5 Å². The molecule has 0 N–H and O–H groups in total. The molecule has 2 heteroatoms. The van der Waals surface area contributed by atoms with Crippen molar-refractivity contribution in [3.05, 3.63) is 321 Å². The van der Waals surface area contributed by atoms with Gasteiger partial charge in [0.1, 0.15) is 0 Å². The number of aryl methyl sites for hydroxylation is 6. The molecule has 0 saturated heterocycles. The van der Waals surface area contributed by atoms with Crippen LogP contribution in [0.1, 0.15) is 110 Å². The lowest BCUT2D eigenvalue weighted by Gasteiger charge is -2.39. The summed E-state index contributed by atoms with van der Waals surface area (Å²) in [5.41, 5.74) is 26.6. The summed E-state index contributed by atoms with van der Waals surface area (Å²) in [6, 6.07) is 90.5. The van der Waals surface area contributed by atoms with Crippen molar-refractivity contribution in [2.75, 3.05) is 9.80 Å². The maximum absolute atomic E-state index is 2.42. The topological polar surface area (TPSA) is 6.48 Å². The molecule has 0 atom stereocenters. The highest BCUT2D eigenvalue weighted by atomic mass is 15.1. The van der Waals surface area contributed by atoms with Crippen molar-refractivity contribution in [1.29, 1.82) is 0 Å². The van der Waals surface area contributed by atoms with Gasteiger partial charge in [-0.15, -0.1) is 0 Å². The number of hydrogen-bond donors (Lipinski definition) is 0. The largest absolute Gasteiger partial charge is 0.311 e. The van der Waals surface area contributed by atoms with Crippen molar-refractivity contribution in [3.63, 3.8) is 0 Å². The van der Waals surface area contributed by atoms with Crippen LogP contribution < -0.4 is 9.80 Å². The first-order chi connectivity index (χ1) is 38.0. The lowest BCUT2D eigenvalue weighted by molar-refractivity contribution is 0.346. The molecule has 0 heterocycles. The predicted octanol–water partition coefficient (Wildman–Crippen LogP) is 20.9. The maximum Gasteiger partial charge on any atom is 0.0462 e. The van der Waals surface area contributed by atoms with Crippen molar-refractivity contribution in [2.45, 2.75) is 79.1 Å². The fourth-order valence-electron chi connectivity index (χ4n) is 11.4. The third kappa shape index (κ3) is 11.4. The Morgan fingerprint density at radius 2 is 0.487 bits per heavy atom. The van der Waals surface area contributed by atoms with Crippen LogP contribution in [0.15, 0.2) is 243 Å².